The molecule has 1 N–H and O–H groups in total. The van der Waals surface area contributed by atoms with E-state index in [4.69, 9.17) is 4.74 Å². The molecule has 0 aliphatic carbocycles. The van der Waals surface area contributed by atoms with Gasteiger partial charge in [-0.25, -0.2) is 0 Å². The first kappa shape index (κ1) is 26.0. The predicted octanol–water partition coefficient (Wildman–Crippen LogP) is 5.16. The fourth-order valence-corrected chi connectivity index (χ4v) is 3.90. The Hall–Kier alpha value is -3.60. The van der Waals surface area contributed by atoms with Crippen molar-refractivity contribution in [3.8, 4) is 5.75 Å². The number of carbonyl (C=O) groups excluding carboxylic acids is 2. The van der Waals surface area contributed by atoms with Gasteiger partial charge >= 0.3 is 0 Å². The van der Waals surface area contributed by atoms with E-state index in [0.29, 0.717) is 25.3 Å². The van der Waals surface area contributed by atoms with E-state index < -0.39 is 6.04 Å². The van der Waals surface area contributed by atoms with Crippen LogP contribution in [-0.4, -0.2) is 35.9 Å². The summed E-state index contributed by atoms with van der Waals surface area (Å²) in [5, 5.41) is 3.00. The lowest BCUT2D eigenvalue weighted by Crippen LogP contribution is -2.51. The molecule has 184 valence electrons. The van der Waals surface area contributed by atoms with Crippen LogP contribution in [0.2, 0.25) is 0 Å². The number of rotatable bonds is 11. The van der Waals surface area contributed by atoms with Gasteiger partial charge in [-0.15, -0.1) is 0 Å². The third-order valence-corrected chi connectivity index (χ3v) is 5.99. The molecule has 1 unspecified atom stereocenters. The standard InChI is InChI=1S/C30H36N2O3/c1-5-17-31-30(34)27(19-25-9-7-6-8-10-25)32(20-26-15-12-22(2)13-16-26)29(33)21-35-28-18-23(3)11-14-24(28)4/h6-16,18,27H,5,17,19-21H2,1-4H3,(H,31,34). The fourth-order valence-electron chi connectivity index (χ4n) is 3.90. The number of benzene rings is 3. The molecule has 0 radical (unpaired) electrons. The Morgan fingerprint density at radius 3 is 2.26 bits per heavy atom. The van der Waals surface area contributed by atoms with Crippen LogP contribution in [0.15, 0.2) is 72.8 Å². The number of ether oxygens (including phenoxy) is 1. The first-order valence-electron chi connectivity index (χ1n) is 12.2. The number of amides is 2. The first-order valence-corrected chi connectivity index (χ1v) is 12.2. The number of hydrogen-bond acceptors (Lipinski definition) is 3. The van der Waals surface area contributed by atoms with Gasteiger partial charge in [-0.2, -0.15) is 0 Å². The van der Waals surface area contributed by atoms with Crippen molar-refractivity contribution in [1.29, 1.82) is 0 Å². The first-order chi connectivity index (χ1) is 16.9. The van der Waals surface area contributed by atoms with E-state index in [1.165, 1.54) is 0 Å². The van der Waals surface area contributed by atoms with Crippen LogP contribution >= 0.6 is 0 Å². The van der Waals surface area contributed by atoms with Crippen molar-refractivity contribution < 1.29 is 14.3 Å². The molecule has 3 aromatic carbocycles. The second-order valence-corrected chi connectivity index (χ2v) is 9.06. The molecule has 35 heavy (non-hydrogen) atoms. The molecule has 0 fully saturated rings. The van der Waals surface area contributed by atoms with Crippen LogP contribution in [0.25, 0.3) is 0 Å². The molecule has 3 rings (SSSR count). The van der Waals surface area contributed by atoms with Gasteiger partial charge in [0.25, 0.3) is 5.91 Å². The monoisotopic (exact) mass is 472 g/mol. The molecule has 0 spiro atoms. The zero-order chi connectivity index (χ0) is 25.2. The summed E-state index contributed by atoms with van der Waals surface area (Å²) < 4.78 is 5.96. The molecule has 0 saturated heterocycles. The summed E-state index contributed by atoms with van der Waals surface area (Å²) in [5.41, 5.74) is 5.15. The number of hydrogen-bond donors (Lipinski definition) is 1. The SMILES string of the molecule is CCCNC(=O)C(Cc1ccccc1)N(Cc1ccc(C)cc1)C(=O)COc1cc(C)ccc1C. The van der Waals surface area contributed by atoms with Gasteiger partial charge in [0, 0.05) is 19.5 Å². The van der Waals surface area contributed by atoms with E-state index in [1.54, 1.807) is 4.90 Å². The van der Waals surface area contributed by atoms with Crippen LogP contribution in [-0.2, 0) is 22.6 Å². The van der Waals surface area contributed by atoms with E-state index in [1.807, 2.05) is 100 Å². The van der Waals surface area contributed by atoms with Crippen molar-refractivity contribution in [3.63, 3.8) is 0 Å². The highest BCUT2D eigenvalue weighted by Gasteiger charge is 2.30. The minimum absolute atomic E-state index is 0.136. The van der Waals surface area contributed by atoms with E-state index in [0.717, 1.165) is 34.2 Å². The Labute approximate surface area is 209 Å². The molecule has 0 aliphatic rings. The lowest BCUT2D eigenvalue weighted by Gasteiger charge is -2.31. The molecule has 2 amide bonds. The van der Waals surface area contributed by atoms with Crippen molar-refractivity contribution in [2.45, 2.75) is 53.1 Å². The second-order valence-electron chi connectivity index (χ2n) is 9.06. The normalized spacial score (nSPS) is 11.5. The Morgan fingerprint density at radius 1 is 0.886 bits per heavy atom. The number of aryl methyl sites for hydroxylation is 3. The van der Waals surface area contributed by atoms with E-state index in [9.17, 15) is 9.59 Å². The number of nitrogens with one attached hydrogen (secondary N) is 1. The summed E-state index contributed by atoms with van der Waals surface area (Å²) in [6.07, 6.45) is 1.25. The van der Waals surface area contributed by atoms with Gasteiger partial charge in [0.05, 0.1) is 0 Å². The molecular formula is C30H36N2O3. The maximum Gasteiger partial charge on any atom is 0.261 e. The summed E-state index contributed by atoms with van der Waals surface area (Å²) >= 11 is 0. The van der Waals surface area contributed by atoms with E-state index in [-0.39, 0.29) is 18.4 Å². The fraction of sp³-hybridized carbons (Fsp3) is 0.333. The number of nitrogens with zero attached hydrogens (tertiary/aromatic N) is 1. The van der Waals surface area contributed by atoms with Gasteiger partial charge in [0.15, 0.2) is 6.61 Å². The quantitative estimate of drug-likeness (QED) is 0.420. The third kappa shape index (κ3) is 7.71. The minimum atomic E-state index is -0.653. The summed E-state index contributed by atoms with van der Waals surface area (Å²) in [6, 6.07) is 23.2. The zero-order valence-electron chi connectivity index (χ0n) is 21.2. The summed E-state index contributed by atoms with van der Waals surface area (Å²) in [4.78, 5) is 28.6. The lowest BCUT2D eigenvalue weighted by molar-refractivity contribution is -0.142. The van der Waals surface area contributed by atoms with Gasteiger partial charge in [-0.05, 0) is 55.5 Å². The van der Waals surface area contributed by atoms with Gasteiger partial charge < -0.3 is 15.0 Å². The van der Waals surface area contributed by atoms with Crippen LogP contribution in [0.3, 0.4) is 0 Å². The van der Waals surface area contributed by atoms with Gasteiger partial charge in [-0.1, -0.05) is 79.2 Å². The summed E-state index contributed by atoms with van der Waals surface area (Å²) in [6.45, 7) is 8.75. The van der Waals surface area contributed by atoms with E-state index in [2.05, 4.69) is 5.32 Å². The highest BCUT2D eigenvalue weighted by atomic mass is 16.5. The minimum Gasteiger partial charge on any atom is -0.483 e. The highest BCUT2D eigenvalue weighted by Crippen LogP contribution is 2.20. The Morgan fingerprint density at radius 2 is 1.57 bits per heavy atom. The van der Waals surface area contributed by atoms with Crippen molar-refractivity contribution in [2.75, 3.05) is 13.2 Å². The highest BCUT2D eigenvalue weighted by molar-refractivity contribution is 5.88. The maximum atomic E-state index is 13.6. The van der Waals surface area contributed by atoms with Crippen molar-refractivity contribution in [3.05, 3.63) is 101 Å². The van der Waals surface area contributed by atoms with Crippen molar-refractivity contribution in [2.24, 2.45) is 0 Å². The molecule has 0 saturated carbocycles. The predicted molar refractivity (Wildman–Crippen MR) is 140 cm³/mol. The molecule has 0 aromatic heterocycles. The maximum absolute atomic E-state index is 13.6. The lowest BCUT2D eigenvalue weighted by atomic mass is 10.0. The third-order valence-electron chi connectivity index (χ3n) is 5.99. The summed E-state index contributed by atoms with van der Waals surface area (Å²) in [5.74, 6) is 0.311. The molecular weight excluding hydrogens is 436 g/mol. The zero-order valence-corrected chi connectivity index (χ0v) is 21.2. The average Bonchev–Trinajstić information content (AvgIpc) is 2.86. The molecule has 5 nitrogen and oxygen atoms in total. The molecule has 0 bridgehead atoms. The molecule has 0 aliphatic heterocycles. The van der Waals surface area contributed by atoms with Crippen molar-refractivity contribution >= 4 is 11.8 Å². The largest absolute Gasteiger partial charge is 0.483 e. The smallest absolute Gasteiger partial charge is 0.261 e. The Balaban J connectivity index is 1.90. The molecule has 5 heteroatoms. The average molecular weight is 473 g/mol. The molecule has 3 aromatic rings. The second kappa shape index (κ2) is 12.7. The van der Waals surface area contributed by atoms with Crippen LogP contribution in [0.1, 0.15) is 41.2 Å². The van der Waals surface area contributed by atoms with Gasteiger partial charge in [0.1, 0.15) is 11.8 Å². The Bertz CT molecular complexity index is 1110. The molecule has 1 atom stereocenters. The van der Waals surface area contributed by atoms with Gasteiger partial charge in [-0.3, -0.25) is 9.59 Å². The summed E-state index contributed by atoms with van der Waals surface area (Å²) in [7, 11) is 0. The number of carbonyl (C=O) groups is 2. The Kier molecular flexibility index (Phi) is 9.47. The van der Waals surface area contributed by atoms with Crippen LogP contribution in [0, 0.1) is 20.8 Å². The topological polar surface area (TPSA) is 58.6 Å². The van der Waals surface area contributed by atoms with Crippen LogP contribution < -0.4 is 10.1 Å². The van der Waals surface area contributed by atoms with Gasteiger partial charge in [0.2, 0.25) is 5.91 Å². The molecule has 0 heterocycles. The van der Waals surface area contributed by atoms with E-state index >= 15 is 0 Å². The van der Waals surface area contributed by atoms with Crippen LogP contribution in [0.4, 0.5) is 0 Å². The van der Waals surface area contributed by atoms with Crippen LogP contribution in [0.5, 0.6) is 5.75 Å². The van der Waals surface area contributed by atoms with Crippen molar-refractivity contribution in [1.82, 2.24) is 10.2 Å².